The van der Waals surface area contributed by atoms with Crippen molar-refractivity contribution >= 4 is 42.3 Å². The first-order valence-electron chi connectivity index (χ1n) is 9.45. The van der Waals surface area contributed by atoms with Crippen LogP contribution < -0.4 is 27.4 Å². The maximum atomic E-state index is 12.5. The van der Waals surface area contributed by atoms with Crippen LogP contribution in [0.5, 0.6) is 0 Å². The number of unbranched alkanes of at least 4 members (excludes halogenated alkanes) is 1. The molecular weight excluding hydrogens is 418 g/mol. The lowest BCUT2D eigenvalue weighted by Gasteiger charge is -2.23. The lowest BCUT2D eigenvalue weighted by atomic mass is 10.1. The first-order chi connectivity index (χ1) is 14.0. The molecule has 9 N–H and O–H groups in total. The molecule has 0 rings (SSSR count). The average molecular weight is 450 g/mol. The Morgan fingerprint density at radius 2 is 1.50 bits per heavy atom. The summed E-state index contributed by atoms with van der Waals surface area (Å²) in [6.07, 6.45) is 0.470. The quantitative estimate of drug-likeness (QED) is 0.100. The second-order valence-corrected chi connectivity index (χ2v) is 7.06. The van der Waals surface area contributed by atoms with Crippen LogP contribution in [0.4, 0.5) is 0 Å². The Hall–Kier alpha value is -2.38. The predicted molar refractivity (Wildman–Crippen MR) is 111 cm³/mol. The summed E-state index contributed by atoms with van der Waals surface area (Å²) in [5.74, 6) is -4.61. The van der Waals surface area contributed by atoms with Gasteiger partial charge in [-0.1, -0.05) is 0 Å². The number of nitrogens with one attached hydrogen (secondary N) is 3. The molecule has 0 heterocycles. The second kappa shape index (κ2) is 14.6. The van der Waals surface area contributed by atoms with Gasteiger partial charge in [-0.2, -0.15) is 12.6 Å². The number of rotatable bonds is 15. The molecule has 0 fully saturated rings. The van der Waals surface area contributed by atoms with Crippen LogP contribution in [0.15, 0.2) is 0 Å². The number of thiol groups is 1. The number of aliphatic carboxylic acids is 2. The summed E-state index contributed by atoms with van der Waals surface area (Å²) in [5, 5.41) is 25.2. The van der Waals surface area contributed by atoms with Gasteiger partial charge in [0.2, 0.25) is 17.7 Å². The van der Waals surface area contributed by atoms with E-state index in [1.165, 1.54) is 6.92 Å². The van der Waals surface area contributed by atoms with Crippen LogP contribution in [-0.4, -0.2) is 76.3 Å². The van der Waals surface area contributed by atoms with Gasteiger partial charge >= 0.3 is 11.9 Å². The molecule has 0 aromatic heterocycles. The lowest BCUT2D eigenvalue weighted by molar-refractivity contribution is -0.143. The monoisotopic (exact) mass is 449 g/mol. The van der Waals surface area contributed by atoms with Crippen LogP contribution in [0.2, 0.25) is 0 Å². The molecule has 13 heteroatoms. The maximum absolute atomic E-state index is 12.5. The zero-order chi connectivity index (χ0) is 23.3. The molecule has 0 aliphatic carbocycles. The van der Waals surface area contributed by atoms with Crippen molar-refractivity contribution in [3.63, 3.8) is 0 Å². The summed E-state index contributed by atoms with van der Waals surface area (Å²) in [7, 11) is 0. The molecule has 0 saturated heterocycles. The SMILES string of the molecule is CC(NC(=O)C(N)CS)C(=O)NC(CCC(=O)O)C(=O)NC(CCCCN)C(=O)O. The molecule has 30 heavy (non-hydrogen) atoms. The third-order valence-electron chi connectivity index (χ3n) is 4.13. The van der Waals surface area contributed by atoms with Gasteiger partial charge in [-0.15, -0.1) is 0 Å². The number of carboxylic acids is 2. The number of carbonyl (C=O) groups excluding carboxylic acids is 3. The third-order valence-corrected chi connectivity index (χ3v) is 4.52. The van der Waals surface area contributed by atoms with Crippen molar-refractivity contribution in [2.75, 3.05) is 12.3 Å². The van der Waals surface area contributed by atoms with Crippen molar-refractivity contribution in [1.29, 1.82) is 0 Å². The zero-order valence-corrected chi connectivity index (χ0v) is 17.7. The van der Waals surface area contributed by atoms with Gasteiger partial charge in [-0.25, -0.2) is 4.79 Å². The van der Waals surface area contributed by atoms with Crippen molar-refractivity contribution in [3.8, 4) is 0 Å². The van der Waals surface area contributed by atoms with Gasteiger partial charge in [0.1, 0.15) is 18.1 Å². The molecule has 4 unspecified atom stereocenters. The number of carbonyl (C=O) groups is 5. The molecule has 3 amide bonds. The van der Waals surface area contributed by atoms with Gasteiger partial charge in [0, 0.05) is 12.2 Å². The van der Waals surface area contributed by atoms with E-state index in [1.54, 1.807) is 0 Å². The Labute approximate surface area is 179 Å². The zero-order valence-electron chi connectivity index (χ0n) is 16.8. The molecule has 0 radical (unpaired) electrons. The third kappa shape index (κ3) is 11.0. The Balaban J connectivity index is 5.12. The number of amides is 3. The Bertz CT molecular complexity index is 619. The minimum atomic E-state index is -1.30. The fourth-order valence-electron chi connectivity index (χ4n) is 2.32. The van der Waals surface area contributed by atoms with Crippen LogP contribution in [0.25, 0.3) is 0 Å². The average Bonchev–Trinajstić information content (AvgIpc) is 2.68. The lowest BCUT2D eigenvalue weighted by Crippen LogP contribution is -2.56. The van der Waals surface area contributed by atoms with Crippen LogP contribution in [0.1, 0.15) is 39.0 Å². The van der Waals surface area contributed by atoms with E-state index in [4.69, 9.17) is 16.6 Å². The normalized spacial score (nSPS) is 14.7. The van der Waals surface area contributed by atoms with Crippen LogP contribution in [0.3, 0.4) is 0 Å². The van der Waals surface area contributed by atoms with Gasteiger partial charge in [-0.05, 0) is 39.2 Å². The minimum absolute atomic E-state index is 0.0601. The molecule has 4 atom stereocenters. The predicted octanol–water partition coefficient (Wildman–Crippen LogP) is -2.20. The van der Waals surface area contributed by atoms with Gasteiger partial charge in [0.05, 0.1) is 6.04 Å². The van der Waals surface area contributed by atoms with Gasteiger partial charge in [0.15, 0.2) is 0 Å². The smallest absolute Gasteiger partial charge is 0.326 e. The van der Waals surface area contributed by atoms with E-state index < -0.39 is 60.2 Å². The Morgan fingerprint density at radius 3 is 2.00 bits per heavy atom. The van der Waals surface area contributed by atoms with Crippen molar-refractivity contribution in [3.05, 3.63) is 0 Å². The number of hydrogen-bond acceptors (Lipinski definition) is 8. The van der Waals surface area contributed by atoms with Crippen molar-refractivity contribution < 1.29 is 34.2 Å². The summed E-state index contributed by atoms with van der Waals surface area (Å²) < 4.78 is 0. The molecule has 0 aliphatic rings. The largest absolute Gasteiger partial charge is 0.481 e. The molecule has 0 aliphatic heterocycles. The van der Waals surface area contributed by atoms with E-state index in [0.29, 0.717) is 19.4 Å². The van der Waals surface area contributed by atoms with E-state index in [9.17, 15) is 29.1 Å². The standard InChI is InChI=1S/C17H31N5O7S/c1-9(20-15(26)10(19)8-30)14(25)21-11(5-6-13(23)24)16(27)22-12(17(28)29)4-2-3-7-18/h9-12,30H,2-8,18-19H2,1H3,(H,20,26)(H,21,25)(H,22,27)(H,23,24)(H,28,29). The van der Waals surface area contributed by atoms with Crippen LogP contribution in [0, 0.1) is 0 Å². The van der Waals surface area contributed by atoms with E-state index >= 15 is 0 Å². The molecule has 12 nitrogen and oxygen atoms in total. The Kier molecular flexibility index (Phi) is 13.4. The highest BCUT2D eigenvalue weighted by atomic mass is 32.1. The van der Waals surface area contributed by atoms with Crippen LogP contribution >= 0.6 is 12.6 Å². The topological polar surface area (TPSA) is 214 Å². The van der Waals surface area contributed by atoms with Crippen LogP contribution in [-0.2, 0) is 24.0 Å². The van der Waals surface area contributed by atoms with Crippen molar-refractivity contribution in [2.24, 2.45) is 11.5 Å². The van der Waals surface area contributed by atoms with Gasteiger partial charge in [0.25, 0.3) is 0 Å². The Morgan fingerprint density at radius 1 is 0.900 bits per heavy atom. The molecule has 0 spiro atoms. The second-order valence-electron chi connectivity index (χ2n) is 6.70. The summed E-state index contributed by atoms with van der Waals surface area (Å²) in [5.41, 5.74) is 10.9. The fourth-order valence-corrected chi connectivity index (χ4v) is 2.49. The molecular formula is C17H31N5O7S. The summed E-state index contributed by atoms with van der Waals surface area (Å²) in [6, 6.07) is -4.51. The van der Waals surface area contributed by atoms with E-state index in [-0.39, 0.29) is 18.6 Å². The summed E-state index contributed by atoms with van der Waals surface area (Å²) >= 11 is 3.89. The highest BCUT2D eigenvalue weighted by Gasteiger charge is 2.28. The van der Waals surface area contributed by atoms with Gasteiger partial charge < -0.3 is 37.6 Å². The molecule has 0 aromatic carbocycles. The molecule has 0 saturated carbocycles. The highest BCUT2D eigenvalue weighted by Crippen LogP contribution is 2.05. The minimum Gasteiger partial charge on any atom is -0.481 e. The number of carboxylic acid groups (broad SMARTS) is 2. The first-order valence-corrected chi connectivity index (χ1v) is 10.1. The number of nitrogens with two attached hydrogens (primary N) is 2. The van der Waals surface area contributed by atoms with Gasteiger partial charge in [-0.3, -0.25) is 19.2 Å². The van der Waals surface area contributed by atoms with Crippen molar-refractivity contribution in [1.82, 2.24) is 16.0 Å². The molecule has 0 bridgehead atoms. The fraction of sp³-hybridized carbons (Fsp3) is 0.706. The van der Waals surface area contributed by atoms with E-state index in [0.717, 1.165) is 0 Å². The summed E-state index contributed by atoms with van der Waals surface area (Å²) in [6.45, 7) is 1.73. The molecule has 172 valence electrons. The maximum Gasteiger partial charge on any atom is 0.326 e. The molecule has 0 aromatic rings. The van der Waals surface area contributed by atoms with E-state index in [1.807, 2.05) is 0 Å². The highest BCUT2D eigenvalue weighted by molar-refractivity contribution is 7.80. The summed E-state index contributed by atoms with van der Waals surface area (Å²) in [4.78, 5) is 58.9. The van der Waals surface area contributed by atoms with Crippen molar-refractivity contribution in [2.45, 2.75) is 63.2 Å². The number of hydrogen-bond donors (Lipinski definition) is 8. The first kappa shape index (κ1) is 27.6. The van der Waals surface area contributed by atoms with E-state index in [2.05, 4.69) is 28.6 Å².